The van der Waals surface area contributed by atoms with E-state index >= 15 is 0 Å². The first-order valence-corrected chi connectivity index (χ1v) is 9.63. The molecule has 0 heterocycles. The third kappa shape index (κ3) is 6.78. The lowest BCUT2D eigenvalue weighted by molar-refractivity contribution is -0.118. The number of benzene rings is 3. The predicted octanol–water partition coefficient (Wildman–Crippen LogP) is 4.77. The SMILES string of the molecule is CCOC(=O)c1ccc(N=Cc2ccc(OCC(=O)Nc3ccc(F)cc3)cc2)cc1. The Kier molecular flexibility index (Phi) is 7.48. The topological polar surface area (TPSA) is 77.0 Å². The molecule has 3 aromatic carbocycles. The molecule has 1 amide bonds. The van der Waals surface area contributed by atoms with Crippen molar-refractivity contribution >= 4 is 29.5 Å². The summed E-state index contributed by atoms with van der Waals surface area (Å²) in [4.78, 5) is 27.9. The van der Waals surface area contributed by atoms with Gasteiger partial charge >= 0.3 is 5.97 Å². The summed E-state index contributed by atoms with van der Waals surface area (Å²) in [6.07, 6.45) is 1.68. The molecule has 0 aromatic heterocycles. The second-order valence-electron chi connectivity index (χ2n) is 6.44. The zero-order valence-electron chi connectivity index (χ0n) is 16.9. The van der Waals surface area contributed by atoms with E-state index in [1.807, 2.05) is 12.1 Å². The molecule has 3 aromatic rings. The van der Waals surface area contributed by atoms with E-state index in [2.05, 4.69) is 10.3 Å². The van der Waals surface area contributed by atoms with Crippen LogP contribution in [0.25, 0.3) is 0 Å². The fraction of sp³-hybridized carbons (Fsp3) is 0.125. The molecule has 0 aliphatic rings. The number of nitrogens with zero attached hydrogens (tertiary/aromatic N) is 1. The van der Waals surface area contributed by atoms with Crippen LogP contribution >= 0.6 is 0 Å². The van der Waals surface area contributed by atoms with Gasteiger partial charge in [0.25, 0.3) is 5.91 Å². The van der Waals surface area contributed by atoms with Crippen LogP contribution in [0.4, 0.5) is 15.8 Å². The number of ether oxygens (including phenoxy) is 2. The number of esters is 1. The number of carbonyl (C=O) groups is 2. The van der Waals surface area contributed by atoms with Gasteiger partial charge in [0, 0.05) is 11.9 Å². The van der Waals surface area contributed by atoms with Crippen molar-refractivity contribution in [3.63, 3.8) is 0 Å². The molecule has 7 heteroatoms. The summed E-state index contributed by atoms with van der Waals surface area (Å²) in [5, 5.41) is 2.63. The maximum atomic E-state index is 12.9. The third-order valence-electron chi connectivity index (χ3n) is 4.12. The summed E-state index contributed by atoms with van der Waals surface area (Å²) in [6, 6.07) is 19.4. The monoisotopic (exact) mass is 420 g/mol. The predicted molar refractivity (Wildman–Crippen MR) is 117 cm³/mol. The number of hydrogen-bond acceptors (Lipinski definition) is 5. The summed E-state index contributed by atoms with van der Waals surface area (Å²) in [6.45, 7) is 1.92. The summed E-state index contributed by atoms with van der Waals surface area (Å²) in [7, 11) is 0. The van der Waals surface area contributed by atoms with E-state index in [1.165, 1.54) is 24.3 Å². The zero-order chi connectivity index (χ0) is 22.1. The lowest BCUT2D eigenvalue weighted by Crippen LogP contribution is -2.20. The van der Waals surface area contributed by atoms with Gasteiger partial charge in [0.05, 0.1) is 17.9 Å². The van der Waals surface area contributed by atoms with Crippen molar-refractivity contribution in [1.29, 1.82) is 0 Å². The Labute approximate surface area is 179 Å². The standard InChI is InChI=1S/C24H21FN2O4/c1-2-30-24(29)18-5-9-20(10-6-18)26-15-17-3-13-22(14-4-17)31-16-23(28)27-21-11-7-19(25)8-12-21/h3-15H,2,16H2,1H3,(H,27,28). The highest BCUT2D eigenvalue weighted by molar-refractivity contribution is 5.92. The molecule has 0 radical (unpaired) electrons. The molecule has 31 heavy (non-hydrogen) atoms. The molecule has 0 aliphatic carbocycles. The van der Waals surface area contributed by atoms with Crippen LogP contribution in [0.2, 0.25) is 0 Å². The van der Waals surface area contributed by atoms with Gasteiger partial charge in [0.15, 0.2) is 6.61 Å². The lowest BCUT2D eigenvalue weighted by Gasteiger charge is -2.07. The minimum absolute atomic E-state index is 0.169. The van der Waals surface area contributed by atoms with E-state index in [9.17, 15) is 14.0 Å². The highest BCUT2D eigenvalue weighted by Crippen LogP contribution is 2.16. The second-order valence-corrected chi connectivity index (χ2v) is 6.44. The number of aliphatic imine (C=N–C) groups is 1. The number of anilines is 1. The number of hydrogen-bond donors (Lipinski definition) is 1. The Hall–Kier alpha value is -4.00. The fourth-order valence-corrected chi connectivity index (χ4v) is 2.58. The van der Waals surface area contributed by atoms with Crippen LogP contribution in [0, 0.1) is 5.82 Å². The molecule has 0 spiro atoms. The first kappa shape index (κ1) is 21.7. The van der Waals surface area contributed by atoms with Gasteiger partial charge in [-0.1, -0.05) is 0 Å². The summed E-state index contributed by atoms with van der Waals surface area (Å²) in [5.74, 6) is -0.541. The minimum Gasteiger partial charge on any atom is -0.484 e. The molecular formula is C24H21FN2O4. The van der Waals surface area contributed by atoms with E-state index in [0.717, 1.165) is 5.56 Å². The number of rotatable bonds is 8. The number of carbonyl (C=O) groups excluding carboxylic acids is 2. The van der Waals surface area contributed by atoms with Crippen LogP contribution in [0.3, 0.4) is 0 Å². The Balaban J connectivity index is 1.49. The van der Waals surface area contributed by atoms with Gasteiger partial charge in [0.2, 0.25) is 0 Å². The Morgan fingerprint density at radius 1 is 0.968 bits per heavy atom. The maximum Gasteiger partial charge on any atom is 0.338 e. The van der Waals surface area contributed by atoms with Gasteiger partial charge in [-0.25, -0.2) is 9.18 Å². The number of halogens is 1. The van der Waals surface area contributed by atoms with Crippen molar-refractivity contribution in [3.05, 3.63) is 89.7 Å². The molecule has 0 bridgehead atoms. The highest BCUT2D eigenvalue weighted by atomic mass is 19.1. The largest absolute Gasteiger partial charge is 0.484 e. The van der Waals surface area contributed by atoms with Crippen LogP contribution < -0.4 is 10.1 Å². The van der Waals surface area contributed by atoms with Crippen molar-refractivity contribution in [3.8, 4) is 5.75 Å². The Morgan fingerprint density at radius 3 is 2.29 bits per heavy atom. The number of nitrogens with one attached hydrogen (secondary N) is 1. The Morgan fingerprint density at radius 2 is 1.65 bits per heavy atom. The zero-order valence-corrected chi connectivity index (χ0v) is 16.9. The summed E-state index contributed by atoms with van der Waals surface area (Å²) < 4.78 is 23.3. The van der Waals surface area contributed by atoms with Crippen molar-refractivity contribution in [2.45, 2.75) is 6.92 Å². The normalized spacial score (nSPS) is 10.6. The van der Waals surface area contributed by atoms with Crippen LogP contribution in [0.1, 0.15) is 22.8 Å². The summed E-state index contributed by atoms with van der Waals surface area (Å²) >= 11 is 0. The molecule has 1 N–H and O–H groups in total. The second kappa shape index (κ2) is 10.7. The summed E-state index contributed by atoms with van der Waals surface area (Å²) in [5.41, 5.74) is 2.52. The van der Waals surface area contributed by atoms with Gasteiger partial charge < -0.3 is 14.8 Å². The van der Waals surface area contributed by atoms with Crippen molar-refractivity contribution in [2.24, 2.45) is 4.99 Å². The van der Waals surface area contributed by atoms with E-state index in [4.69, 9.17) is 9.47 Å². The average molecular weight is 420 g/mol. The van der Waals surface area contributed by atoms with Gasteiger partial charge in [-0.15, -0.1) is 0 Å². The van der Waals surface area contributed by atoms with Gasteiger partial charge in [-0.05, 0) is 85.3 Å². The average Bonchev–Trinajstić information content (AvgIpc) is 2.79. The van der Waals surface area contributed by atoms with Crippen molar-refractivity contribution in [1.82, 2.24) is 0 Å². The molecule has 0 saturated heterocycles. The minimum atomic E-state index is -0.369. The van der Waals surface area contributed by atoms with Gasteiger partial charge in [0.1, 0.15) is 11.6 Å². The molecule has 6 nitrogen and oxygen atoms in total. The molecule has 0 aliphatic heterocycles. The number of amides is 1. The first-order chi connectivity index (χ1) is 15.0. The van der Waals surface area contributed by atoms with E-state index < -0.39 is 0 Å². The Bertz CT molecular complexity index is 1050. The van der Waals surface area contributed by atoms with E-state index in [-0.39, 0.29) is 24.3 Å². The third-order valence-corrected chi connectivity index (χ3v) is 4.12. The van der Waals surface area contributed by atoms with Crippen LogP contribution in [-0.2, 0) is 9.53 Å². The molecule has 0 saturated carbocycles. The van der Waals surface area contributed by atoms with Crippen molar-refractivity contribution in [2.75, 3.05) is 18.5 Å². The van der Waals surface area contributed by atoms with Crippen molar-refractivity contribution < 1.29 is 23.5 Å². The van der Waals surface area contributed by atoms with Gasteiger partial charge in [-0.2, -0.15) is 0 Å². The van der Waals surface area contributed by atoms with E-state index in [1.54, 1.807) is 49.5 Å². The highest BCUT2D eigenvalue weighted by Gasteiger charge is 2.06. The van der Waals surface area contributed by atoms with E-state index in [0.29, 0.717) is 29.3 Å². The quantitative estimate of drug-likeness (QED) is 0.421. The van der Waals surface area contributed by atoms with Crippen LogP contribution in [0.15, 0.2) is 77.8 Å². The molecule has 3 rings (SSSR count). The lowest BCUT2D eigenvalue weighted by atomic mass is 10.2. The molecular weight excluding hydrogens is 399 g/mol. The first-order valence-electron chi connectivity index (χ1n) is 9.63. The molecule has 0 fully saturated rings. The molecule has 158 valence electrons. The smallest absolute Gasteiger partial charge is 0.338 e. The molecule has 0 atom stereocenters. The van der Waals surface area contributed by atoms with Gasteiger partial charge in [-0.3, -0.25) is 9.79 Å². The van der Waals surface area contributed by atoms with Crippen LogP contribution in [0.5, 0.6) is 5.75 Å². The van der Waals surface area contributed by atoms with Crippen LogP contribution in [-0.4, -0.2) is 31.3 Å². The maximum absolute atomic E-state index is 12.9. The fourth-order valence-electron chi connectivity index (χ4n) is 2.58. The molecule has 0 unspecified atom stereocenters.